The van der Waals surface area contributed by atoms with Gasteiger partial charge in [-0.2, -0.15) is 0 Å². The standard InChI is InChI=1S/C14H18FN3O2/c1-2-12-14(20)18(7-6-16-12)9-13(19)17-11-5-3-4-10(15)8-11/h3-5,8,12,16H,2,6-7,9H2,1H3,(H,17,19). The lowest BCUT2D eigenvalue weighted by molar-refractivity contribution is -0.138. The summed E-state index contributed by atoms with van der Waals surface area (Å²) in [5.41, 5.74) is 0.393. The van der Waals surface area contributed by atoms with Crippen molar-refractivity contribution >= 4 is 17.5 Å². The molecule has 1 aliphatic heterocycles. The third kappa shape index (κ3) is 3.54. The molecule has 20 heavy (non-hydrogen) atoms. The summed E-state index contributed by atoms with van der Waals surface area (Å²) in [6.07, 6.45) is 0.695. The summed E-state index contributed by atoms with van der Waals surface area (Å²) in [5, 5.41) is 5.70. The minimum absolute atomic E-state index is 0.00642. The zero-order valence-corrected chi connectivity index (χ0v) is 11.4. The van der Waals surface area contributed by atoms with Crippen LogP contribution in [0.4, 0.5) is 10.1 Å². The van der Waals surface area contributed by atoms with Crippen molar-refractivity contribution in [3.63, 3.8) is 0 Å². The van der Waals surface area contributed by atoms with E-state index in [4.69, 9.17) is 0 Å². The molecule has 1 aromatic rings. The molecule has 1 unspecified atom stereocenters. The summed E-state index contributed by atoms with van der Waals surface area (Å²) >= 11 is 0. The second-order valence-corrected chi connectivity index (χ2v) is 4.73. The highest BCUT2D eigenvalue weighted by atomic mass is 19.1. The fourth-order valence-corrected chi connectivity index (χ4v) is 2.21. The van der Waals surface area contributed by atoms with E-state index in [2.05, 4.69) is 10.6 Å². The summed E-state index contributed by atoms with van der Waals surface area (Å²) in [5.74, 6) is -0.791. The van der Waals surface area contributed by atoms with E-state index in [1.807, 2.05) is 6.92 Å². The maximum atomic E-state index is 13.0. The maximum absolute atomic E-state index is 13.0. The van der Waals surface area contributed by atoms with Gasteiger partial charge in [0, 0.05) is 18.8 Å². The molecule has 1 aliphatic rings. The van der Waals surface area contributed by atoms with Gasteiger partial charge >= 0.3 is 0 Å². The molecule has 108 valence electrons. The number of nitrogens with one attached hydrogen (secondary N) is 2. The quantitative estimate of drug-likeness (QED) is 0.863. The number of nitrogens with zero attached hydrogens (tertiary/aromatic N) is 1. The van der Waals surface area contributed by atoms with Gasteiger partial charge in [0.05, 0.1) is 12.6 Å². The van der Waals surface area contributed by atoms with E-state index in [0.717, 1.165) is 0 Å². The van der Waals surface area contributed by atoms with Crippen molar-refractivity contribution < 1.29 is 14.0 Å². The fourth-order valence-electron chi connectivity index (χ4n) is 2.21. The second-order valence-electron chi connectivity index (χ2n) is 4.73. The summed E-state index contributed by atoms with van der Waals surface area (Å²) in [4.78, 5) is 25.4. The SMILES string of the molecule is CCC1NCCN(CC(=O)Nc2cccc(F)c2)C1=O. The van der Waals surface area contributed by atoms with Gasteiger partial charge < -0.3 is 15.5 Å². The monoisotopic (exact) mass is 279 g/mol. The first-order chi connectivity index (χ1) is 9.60. The lowest BCUT2D eigenvalue weighted by atomic mass is 10.1. The number of hydrogen-bond acceptors (Lipinski definition) is 3. The first kappa shape index (κ1) is 14.5. The lowest BCUT2D eigenvalue weighted by Crippen LogP contribution is -2.56. The van der Waals surface area contributed by atoms with E-state index in [1.54, 1.807) is 6.07 Å². The molecule has 0 aromatic heterocycles. The Morgan fingerprint density at radius 1 is 1.55 bits per heavy atom. The average molecular weight is 279 g/mol. The molecule has 0 bridgehead atoms. The average Bonchev–Trinajstić information content (AvgIpc) is 2.41. The predicted molar refractivity (Wildman–Crippen MR) is 73.7 cm³/mol. The highest BCUT2D eigenvalue weighted by molar-refractivity contribution is 5.95. The van der Waals surface area contributed by atoms with Crippen LogP contribution in [0.1, 0.15) is 13.3 Å². The zero-order chi connectivity index (χ0) is 14.5. The molecule has 1 atom stereocenters. The van der Waals surface area contributed by atoms with Crippen molar-refractivity contribution in [2.75, 3.05) is 25.0 Å². The number of rotatable bonds is 4. The number of carbonyl (C=O) groups is 2. The van der Waals surface area contributed by atoms with E-state index in [9.17, 15) is 14.0 Å². The van der Waals surface area contributed by atoms with E-state index >= 15 is 0 Å². The summed E-state index contributed by atoms with van der Waals surface area (Å²) in [7, 11) is 0. The van der Waals surface area contributed by atoms with Gasteiger partial charge in [-0.25, -0.2) is 4.39 Å². The molecule has 2 amide bonds. The lowest BCUT2D eigenvalue weighted by Gasteiger charge is -2.32. The molecule has 2 N–H and O–H groups in total. The molecule has 6 heteroatoms. The number of carbonyl (C=O) groups excluding carboxylic acids is 2. The van der Waals surface area contributed by atoms with Crippen molar-refractivity contribution in [2.24, 2.45) is 0 Å². The number of piperazine rings is 1. The van der Waals surface area contributed by atoms with Crippen LogP contribution in [-0.2, 0) is 9.59 Å². The van der Waals surface area contributed by atoms with E-state index in [-0.39, 0.29) is 24.4 Å². The topological polar surface area (TPSA) is 61.4 Å². The number of amides is 2. The molecule has 0 saturated carbocycles. The molecule has 0 aliphatic carbocycles. The highest BCUT2D eigenvalue weighted by Crippen LogP contribution is 2.10. The smallest absolute Gasteiger partial charge is 0.243 e. The molecule has 0 radical (unpaired) electrons. The Morgan fingerprint density at radius 2 is 2.35 bits per heavy atom. The number of hydrogen-bond donors (Lipinski definition) is 2. The molecular formula is C14H18FN3O2. The van der Waals surface area contributed by atoms with Gasteiger partial charge in [-0.1, -0.05) is 13.0 Å². The number of halogens is 1. The van der Waals surface area contributed by atoms with Crippen LogP contribution in [0.2, 0.25) is 0 Å². The second kappa shape index (κ2) is 6.47. The largest absolute Gasteiger partial charge is 0.331 e. The van der Waals surface area contributed by atoms with Gasteiger partial charge in [0.1, 0.15) is 5.82 Å². The third-order valence-electron chi connectivity index (χ3n) is 3.23. The minimum Gasteiger partial charge on any atom is -0.331 e. The first-order valence-electron chi connectivity index (χ1n) is 6.67. The van der Waals surface area contributed by atoms with Crippen LogP contribution < -0.4 is 10.6 Å². The van der Waals surface area contributed by atoms with Gasteiger partial charge in [-0.3, -0.25) is 9.59 Å². The highest BCUT2D eigenvalue weighted by Gasteiger charge is 2.27. The summed E-state index contributed by atoms with van der Waals surface area (Å²) in [6.45, 7) is 3.10. The molecular weight excluding hydrogens is 261 g/mol. The summed E-state index contributed by atoms with van der Waals surface area (Å²) in [6, 6.07) is 5.46. The minimum atomic E-state index is -0.410. The predicted octanol–water partition coefficient (Wildman–Crippen LogP) is 0.975. The van der Waals surface area contributed by atoms with Gasteiger partial charge in [-0.15, -0.1) is 0 Å². The number of anilines is 1. The van der Waals surface area contributed by atoms with Crippen LogP contribution in [0.5, 0.6) is 0 Å². The van der Waals surface area contributed by atoms with Crippen LogP contribution in [-0.4, -0.2) is 42.4 Å². The molecule has 2 rings (SSSR count). The number of benzene rings is 1. The Bertz CT molecular complexity index is 507. The normalized spacial score (nSPS) is 19.0. The Kier molecular flexibility index (Phi) is 4.68. The van der Waals surface area contributed by atoms with Crippen LogP contribution in [0.3, 0.4) is 0 Å². The Labute approximate surface area is 117 Å². The van der Waals surface area contributed by atoms with Crippen molar-refractivity contribution in [3.05, 3.63) is 30.1 Å². The molecule has 0 spiro atoms. The maximum Gasteiger partial charge on any atom is 0.243 e. The van der Waals surface area contributed by atoms with Crippen LogP contribution in [0.25, 0.3) is 0 Å². The Hall–Kier alpha value is -1.95. The summed E-state index contributed by atoms with van der Waals surface area (Å²) < 4.78 is 13.0. The molecule has 1 heterocycles. The van der Waals surface area contributed by atoms with Crippen LogP contribution in [0, 0.1) is 5.82 Å². The molecule has 1 saturated heterocycles. The Morgan fingerprint density at radius 3 is 3.05 bits per heavy atom. The molecule has 1 aromatic carbocycles. The first-order valence-corrected chi connectivity index (χ1v) is 6.67. The van der Waals surface area contributed by atoms with Gasteiger partial charge in [0.15, 0.2) is 0 Å². The molecule has 1 fully saturated rings. The van der Waals surface area contributed by atoms with E-state index in [0.29, 0.717) is 25.2 Å². The van der Waals surface area contributed by atoms with Gasteiger partial charge in [0.2, 0.25) is 11.8 Å². The molecule has 5 nitrogen and oxygen atoms in total. The van der Waals surface area contributed by atoms with Crippen molar-refractivity contribution in [1.29, 1.82) is 0 Å². The van der Waals surface area contributed by atoms with Crippen molar-refractivity contribution in [1.82, 2.24) is 10.2 Å². The van der Waals surface area contributed by atoms with E-state index < -0.39 is 5.82 Å². The third-order valence-corrected chi connectivity index (χ3v) is 3.23. The van der Waals surface area contributed by atoms with E-state index in [1.165, 1.54) is 23.1 Å². The zero-order valence-electron chi connectivity index (χ0n) is 11.4. The van der Waals surface area contributed by atoms with Crippen LogP contribution >= 0.6 is 0 Å². The Balaban J connectivity index is 1.92. The van der Waals surface area contributed by atoms with Crippen LogP contribution in [0.15, 0.2) is 24.3 Å². The van der Waals surface area contributed by atoms with Gasteiger partial charge in [0.25, 0.3) is 0 Å². The fraction of sp³-hybridized carbons (Fsp3) is 0.429. The van der Waals surface area contributed by atoms with Crippen molar-refractivity contribution in [3.8, 4) is 0 Å². The van der Waals surface area contributed by atoms with Gasteiger partial charge in [-0.05, 0) is 24.6 Å². The van der Waals surface area contributed by atoms with Crippen molar-refractivity contribution in [2.45, 2.75) is 19.4 Å².